The lowest BCUT2D eigenvalue weighted by Gasteiger charge is -2.14. The van der Waals surface area contributed by atoms with Gasteiger partial charge in [0.25, 0.3) is 0 Å². The van der Waals surface area contributed by atoms with Gasteiger partial charge in [-0.3, -0.25) is 0 Å². The van der Waals surface area contributed by atoms with Gasteiger partial charge in [-0.05, 0) is 48.8 Å². The second kappa shape index (κ2) is 4.38. The minimum absolute atomic E-state index is 0.0707. The zero-order valence-corrected chi connectivity index (χ0v) is 10.8. The first-order valence-electron chi connectivity index (χ1n) is 6.11. The van der Waals surface area contributed by atoms with Crippen molar-refractivity contribution in [1.29, 1.82) is 0 Å². The van der Waals surface area contributed by atoms with Crippen LogP contribution in [-0.2, 0) is 6.42 Å². The van der Waals surface area contributed by atoms with Gasteiger partial charge in [-0.15, -0.1) is 0 Å². The van der Waals surface area contributed by atoms with Crippen molar-refractivity contribution in [3.05, 3.63) is 34.3 Å². The molecule has 16 heavy (non-hydrogen) atoms. The molecule has 2 N–H and O–H groups in total. The Bertz CT molecular complexity index is 382. The Hall–Kier alpha value is -0.530. The van der Waals surface area contributed by atoms with Crippen LogP contribution in [0.2, 0.25) is 5.02 Å². The number of halogens is 1. The van der Waals surface area contributed by atoms with Crippen LogP contribution in [0.3, 0.4) is 0 Å². The first kappa shape index (κ1) is 11.9. The van der Waals surface area contributed by atoms with E-state index in [1.807, 2.05) is 0 Å². The van der Waals surface area contributed by atoms with E-state index < -0.39 is 0 Å². The van der Waals surface area contributed by atoms with E-state index in [9.17, 15) is 0 Å². The molecule has 1 aromatic rings. The summed E-state index contributed by atoms with van der Waals surface area (Å²) in [6.07, 6.45) is 4.39. The van der Waals surface area contributed by atoms with Gasteiger partial charge in [0.05, 0.1) is 0 Å². The topological polar surface area (TPSA) is 26.0 Å². The highest BCUT2D eigenvalue weighted by molar-refractivity contribution is 6.31. The van der Waals surface area contributed by atoms with Crippen LogP contribution in [0.15, 0.2) is 18.2 Å². The van der Waals surface area contributed by atoms with Crippen LogP contribution in [0.1, 0.15) is 50.2 Å². The minimum Gasteiger partial charge on any atom is -0.325 e. The van der Waals surface area contributed by atoms with Gasteiger partial charge in [0.2, 0.25) is 0 Å². The summed E-state index contributed by atoms with van der Waals surface area (Å²) in [6, 6.07) is 6.44. The fourth-order valence-corrected chi connectivity index (χ4v) is 2.43. The monoisotopic (exact) mass is 237 g/mol. The molecule has 0 bridgehead atoms. The maximum Gasteiger partial charge on any atom is 0.0443 e. The Morgan fingerprint density at radius 3 is 2.62 bits per heavy atom. The van der Waals surface area contributed by atoms with E-state index in [1.54, 1.807) is 0 Å². The molecule has 0 amide bonds. The van der Waals surface area contributed by atoms with Crippen molar-refractivity contribution in [3.63, 3.8) is 0 Å². The summed E-state index contributed by atoms with van der Waals surface area (Å²) in [7, 11) is 0. The Morgan fingerprint density at radius 2 is 2.12 bits per heavy atom. The molecule has 0 aromatic heterocycles. The van der Waals surface area contributed by atoms with Crippen LogP contribution >= 0.6 is 11.6 Å². The third-order valence-electron chi connectivity index (χ3n) is 3.66. The third-order valence-corrected chi connectivity index (χ3v) is 3.98. The third kappa shape index (κ3) is 2.58. The summed E-state index contributed by atoms with van der Waals surface area (Å²) in [6.45, 7) is 4.40. The summed E-state index contributed by atoms with van der Waals surface area (Å²) in [5, 5.41) is 0.899. The molecule has 2 heteroatoms. The largest absolute Gasteiger partial charge is 0.325 e. The molecule has 0 saturated heterocycles. The quantitative estimate of drug-likeness (QED) is 0.845. The molecule has 1 aliphatic rings. The standard InChI is InChI=1S/C14H20ClN/c1-3-10(2)12-5-4-11(8-13(12)15)9-14(16)6-7-14/h4-5,8,10H,3,6-7,9,16H2,1-2H3. The second-order valence-electron chi connectivity index (χ2n) is 5.20. The maximum absolute atomic E-state index is 6.31. The molecule has 0 aliphatic heterocycles. The molecule has 1 nitrogen and oxygen atoms in total. The predicted octanol–water partition coefficient (Wildman–Crippen LogP) is 3.89. The van der Waals surface area contributed by atoms with Crippen LogP contribution in [0.5, 0.6) is 0 Å². The molecule has 88 valence electrons. The average molecular weight is 238 g/mol. The van der Waals surface area contributed by atoms with Crippen LogP contribution < -0.4 is 5.73 Å². The van der Waals surface area contributed by atoms with Crippen molar-refractivity contribution in [2.75, 3.05) is 0 Å². The highest BCUT2D eigenvalue weighted by Gasteiger charge is 2.37. The van der Waals surface area contributed by atoms with Crippen molar-refractivity contribution >= 4 is 11.6 Å². The van der Waals surface area contributed by atoms with E-state index in [-0.39, 0.29) is 5.54 Å². The summed E-state index contributed by atoms with van der Waals surface area (Å²) in [5.41, 5.74) is 8.71. The fraction of sp³-hybridized carbons (Fsp3) is 0.571. The Morgan fingerprint density at radius 1 is 1.44 bits per heavy atom. The fourth-order valence-electron chi connectivity index (χ4n) is 2.04. The lowest BCUT2D eigenvalue weighted by molar-refractivity contribution is 0.671. The lowest BCUT2D eigenvalue weighted by Crippen LogP contribution is -2.24. The van der Waals surface area contributed by atoms with Gasteiger partial charge in [0, 0.05) is 10.6 Å². The van der Waals surface area contributed by atoms with Crippen LogP contribution in [0.25, 0.3) is 0 Å². The molecule has 0 radical (unpaired) electrons. The van der Waals surface area contributed by atoms with Crippen LogP contribution in [-0.4, -0.2) is 5.54 Å². The Balaban J connectivity index is 2.15. The molecule has 1 saturated carbocycles. The summed E-state index contributed by atoms with van der Waals surface area (Å²) in [5.74, 6) is 0.536. The summed E-state index contributed by atoms with van der Waals surface area (Å²) < 4.78 is 0. The highest BCUT2D eigenvalue weighted by atomic mass is 35.5. The predicted molar refractivity (Wildman–Crippen MR) is 70.0 cm³/mol. The first-order chi connectivity index (χ1) is 7.54. The molecule has 1 unspecified atom stereocenters. The molecule has 0 spiro atoms. The van der Waals surface area contributed by atoms with Gasteiger partial charge in [-0.25, -0.2) is 0 Å². The normalized spacial score (nSPS) is 19.5. The first-order valence-corrected chi connectivity index (χ1v) is 6.49. The van der Waals surface area contributed by atoms with E-state index in [2.05, 4.69) is 32.0 Å². The van der Waals surface area contributed by atoms with Gasteiger partial charge in [0.15, 0.2) is 0 Å². The van der Waals surface area contributed by atoms with E-state index in [0.717, 1.165) is 30.7 Å². The number of rotatable bonds is 4. The van der Waals surface area contributed by atoms with E-state index in [4.69, 9.17) is 17.3 Å². The van der Waals surface area contributed by atoms with Crippen molar-refractivity contribution in [2.24, 2.45) is 5.73 Å². The van der Waals surface area contributed by atoms with E-state index in [0.29, 0.717) is 5.92 Å². The van der Waals surface area contributed by atoms with Crippen molar-refractivity contribution in [1.82, 2.24) is 0 Å². The van der Waals surface area contributed by atoms with Gasteiger partial charge in [-0.1, -0.05) is 37.6 Å². The average Bonchev–Trinajstić information content (AvgIpc) is 2.95. The highest BCUT2D eigenvalue weighted by Crippen LogP contribution is 2.37. The molecule has 2 rings (SSSR count). The maximum atomic E-state index is 6.31. The van der Waals surface area contributed by atoms with E-state index >= 15 is 0 Å². The number of nitrogens with two attached hydrogens (primary N) is 1. The SMILES string of the molecule is CCC(C)c1ccc(CC2(N)CC2)cc1Cl. The lowest BCUT2D eigenvalue weighted by atomic mass is 9.95. The smallest absolute Gasteiger partial charge is 0.0443 e. The van der Waals surface area contributed by atoms with Crippen molar-refractivity contribution in [3.8, 4) is 0 Å². The minimum atomic E-state index is 0.0707. The zero-order chi connectivity index (χ0) is 11.8. The van der Waals surface area contributed by atoms with Crippen LogP contribution in [0, 0.1) is 0 Å². The summed E-state index contributed by atoms with van der Waals surface area (Å²) >= 11 is 6.31. The van der Waals surface area contributed by atoms with Gasteiger partial charge in [0.1, 0.15) is 0 Å². The molecule has 1 atom stereocenters. The summed E-state index contributed by atoms with van der Waals surface area (Å²) in [4.78, 5) is 0. The molecular weight excluding hydrogens is 218 g/mol. The van der Waals surface area contributed by atoms with Crippen molar-refractivity contribution < 1.29 is 0 Å². The molecule has 1 aromatic carbocycles. The molecule has 0 heterocycles. The van der Waals surface area contributed by atoms with Gasteiger partial charge >= 0.3 is 0 Å². The van der Waals surface area contributed by atoms with Gasteiger partial charge < -0.3 is 5.73 Å². The number of hydrogen-bond donors (Lipinski definition) is 1. The molecular formula is C14H20ClN. The Kier molecular flexibility index (Phi) is 3.27. The Labute approximate surface area is 103 Å². The molecule has 1 aliphatic carbocycles. The number of hydrogen-bond acceptors (Lipinski definition) is 1. The molecule has 1 fully saturated rings. The van der Waals surface area contributed by atoms with Crippen molar-refractivity contribution in [2.45, 2.75) is 51.0 Å². The zero-order valence-electron chi connectivity index (χ0n) is 10.1. The second-order valence-corrected chi connectivity index (χ2v) is 5.61. The van der Waals surface area contributed by atoms with E-state index in [1.165, 1.54) is 11.1 Å². The number of benzene rings is 1. The van der Waals surface area contributed by atoms with Gasteiger partial charge in [-0.2, -0.15) is 0 Å². The van der Waals surface area contributed by atoms with Crippen LogP contribution in [0.4, 0.5) is 0 Å².